The van der Waals surface area contributed by atoms with Crippen molar-refractivity contribution in [2.75, 3.05) is 6.54 Å². The number of aryl methyl sites for hydroxylation is 2. The van der Waals surface area contributed by atoms with E-state index in [0.29, 0.717) is 16.6 Å². The summed E-state index contributed by atoms with van der Waals surface area (Å²) >= 11 is 1.37. The minimum absolute atomic E-state index is 0.0556. The van der Waals surface area contributed by atoms with E-state index in [2.05, 4.69) is 6.07 Å². The second kappa shape index (κ2) is 7.15. The van der Waals surface area contributed by atoms with Crippen LogP contribution in [0.15, 0.2) is 52.4 Å². The zero-order valence-corrected chi connectivity index (χ0v) is 15.3. The molecule has 2 aromatic rings. The molecule has 1 N–H and O–H groups in total. The first kappa shape index (κ1) is 17.3. The van der Waals surface area contributed by atoms with E-state index in [1.165, 1.54) is 11.8 Å². The molecule has 0 spiro atoms. The van der Waals surface area contributed by atoms with Crippen LogP contribution in [0.4, 0.5) is 5.69 Å². The van der Waals surface area contributed by atoms with Gasteiger partial charge in [-0.3, -0.25) is 9.69 Å². The van der Waals surface area contributed by atoms with Gasteiger partial charge in [0.2, 0.25) is 0 Å². The number of hydrogen-bond donors (Lipinski definition) is 1. The Balaban J connectivity index is 1.98. The zero-order valence-electron chi connectivity index (χ0n) is 14.5. The number of aliphatic imine (C=N–C) groups is 1. The Bertz CT molecular complexity index is 887. The SMILES string of the molecule is CCN1C(=O)/C(=C\c2cccc(O)c2)SC1=Nc1cc(C)ccc1C. The van der Waals surface area contributed by atoms with Crippen LogP contribution in [0.3, 0.4) is 0 Å². The Morgan fingerprint density at radius 2 is 2.00 bits per heavy atom. The minimum atomic E-state index is -0.0556. The van der Waals surface area contributed by atoms with Crippen molar-refractivity contribution in [1.29, 1.82) is 0 Å². The van der Waals surface area contributed by atoms with Crippen molar-refractivity contribution in [3.05, 3.63) is 64.1 Å². The van der Waals surface area contributed by atoms with Crippen LogP contribution < -0.4 is 0 Å². The number of amides is 1. The average molecular weight is 352 g/mol. The highest BCUT2D eigenvalue weighted by Gasteiger charge is 2.32. The lowest BCUT2D eigenvalue weighted by atomic mass is 10.1. The fraction of sp³-hybridized carbons (Fsp3) is 0.200. The Hall–Kier alpha value is -2.53. The van der Waals surface area contributed by atoms with Crippen LogP contribution >= 0.6 is 11.8 Å². The van der Waals surface area contributed by atoms with Gasteiger partial charge in [0, 0.05) is 6.54 Å². The summed E-state index contributed by atoms with van der Waals surface area (Å²) in [6.45, 7) is 6.54. The van der Waals surface area contributed by atoms with Crippen LogP contribution in [0.5, 0.6) is 5.75 Å². The first-order chi connectivity index (χ1) is 12.0. The topological polar surface area (TPSA) is 52.9 Å². The van der Waals surface area contributed by atoms with Gasteiger partial charge in [0.15, 0.2) is 5.17 Å². The van der Waals surface area contributed by atoms with Crippen LogP contribution in [0.1, 0.15) is 23.6 Å². The summed E-state index contributed by atoms with van der Waals surface area (Å²) in [5.41, 5.74) is 3.89. The van der Waals surface area contributed by atoms with E-state index in [-0.39, 0.29) is 11.7 Å². The van der Waals surface area contributed by atoms with E-state index >= 15 is 0 Å². The van der Waals surface area contributed by atoms with E-state index in [0.717, 1.165) is 22.4 Å². The number of aromatic hydroxyl groups is 1. The van der Waals surface area contributed by atoms with Gasteiger partial charge in [0.25, 0.3) is 5.91 Å². The highest BCUT2D eigenvalue weighted by Crippen LogP contribution is 2.35. The summed E-state index contributed by atoms with van der Waals surface area (Å²) in [5.74, 6) is 0.126. The molecule has 1 aliphatic heterocycles. The summed E-state index contributed by atoms with van der Waals surface area (Å²) in [5, 5.41) is 10.3. The van der Waals surface area contributed by atoms with Crippen molar-refractivity contribution in [1.82, 2.24) is 4.90 Å². The number of phenols is 1. The Morgan fingerprint density at radius 3 is 2.72 bits per heavy atom. The number of carbonyl (C=O) groups excluding carboxylic acids is 1. The number of benzene rings is 2. The number of hydrogen-bond acceptors (Lipinski definition) is 4. The predicted molar refractivity (Wildman–Crippen MR) is 104 cm³/mol. The molecule has 4 nitrogen and oxygen atoms in total. The number of likely N-dealkylation sites (N-methyl/N-ethyl adjacent to an activating group) is 1. The van der Waals surface area contributed by atoms with Gasteiger partial charge in [-0.05, 0) is 73.5 Å². The molecule has 0 saturated carbocycles. The molecule has 0 unspecified atom stereocenters. The van der Waals surface area contributed by atoms with Gasteiger partial charge in [-0.2, -0.15) is 0 Å². The molecule has 1 heterocycles. The summed E-state index contributed by atoms with van der Waals surface area (Å²) in [6, 6.07) is 13.0. The summed E-state index contributed by atoms with van der Waals surface area (Å²) in [6.07, 6.45) is 1.79. The van der Waals surface area contributed by atoms with Crippen LogP contribution in [0.25, 0.3) is 6.08 Å². The number of phenolic OH excluding ortho intramolecular Hbond substituents is 1. The average Bonchev–Trinajstić information content (AvgIpc) is 2.86. The fourth-order valence-electron chi connectivity index (χ4n) is 2.58. The van der Waals surface area contributed by atoms with Crippen molar-refractivity contribution < 1.29 is 9.90 Å². The summed E-state index contributed by atoms with van der Waals surface area (Å²) in [4.78, 5) is 19.7. The summed E-state index contributed by atoms with van der Waals surface area (Å²) < 4.78 is 0. The van der Waals surface area contributed by atoms with Crippen molar-refractivity contribution >= 4 is 34.6 Å². The monoisotopic (exact) mass is 352 g/mol. The number of rotatable bonds is 3. The molecule has 128 valence electrons. The van der Waals surface area contributed by atoms with Crippen LogP contribution in [-0.4, -0.2) is 27.6 Å². The maximum atomic E-state index is 12.7. The summed E-state index contributed by atoms with van der Waals surface area (Å²) in [7, 11) is 0. The third-order valence-electron chi connectivity index (χ3n) is 3.95. The molecule has 1 fully saturated rings. The number of thioether (sulfide) groups is 1. The molecule has 0 aliphatic carbocycles. The molecule has 1 aliphatic rings. The smallest absolute Gasteiger partial charge is 0.266 e. The maximum Gasteiger partial charge on any atom is 0.266 e. The molecule has 0 aromatic heterocycles. The molecule has 3 rings (SSSR count). The lowest BCUT2D eigenvalue weighted by molar-refractivity contribution is -0.122. The second-order valence-electron chi connectivity index (χ2n) is 5.94. The Kier molecular flexibility index (Phi) is 4.95. The van der Waals surface area contributed by atoms with E-state index in [4.69, 9.17) is 4.99 Å². The van der Waals surface area contributed by atoms with Crippen LogP contribution in [0, 0.1) is 13.8 Å². The number of nitrogens with zero attached hydrogens (tertiary/aromatic N) is 2. The van der Waals surface area contributed by atoms with Crippen molar-refractivity contribution in [3.63, 3.8) is 0 Å². The van der Waals surface area contributed by atoms with Crippen molar-refractivity contribution in [2.45, 2.75) is 20.8 Å². The number of amidine groups is 1. The lowest BCUT2D eigenvalue weighted by Gasteiger charge is -2.12. The van der Waals surface area contributed by atoms with Crippen molar-refractivity contribution in [2.24, 2.45) is 4.99 Å². The Labute approximate surface area is 151 Å². The van der Waals surface area contributed by atoms with Gasteiger partial charge in [0.05, 0.1) is 10.6 Å². The molecule has 1 saturated heterocycles. The largest absolute Gasteiger partial charge is 0.508 e. The van der Waals surface area contributed by atoms with Gasteiger partial charge >= 0.3 is 0 Å². The third-order valence-corrected chi connectivity index (χ3v) is 4.96. The van der Waals surface area contributed by atoms with Crippen LogP contribution in [0.2, 0.25) is 0 Å². The highest BCUT2D eigenvalue weighted by atomic mass is 32.2. The molecular formula is C20H20N2O2S. The molecule has 0 atom stereocenters. The van der Waals surface area contributed by atoms with Gasteiger partial charge in [-0.1, -0.05) is 24.3 Å². The second-order valence-corrected chi connectivity index (χ2v) is 6.95. The first-order valence-electron chi connectivity index (χ1n) is 8.14. The standard InChI is InChI=1S/C20H20N2O2S/c1-4-22-19(24)18(12-15-6-5-7-16(23)11-15)25-20(22)21-17-10-13(2)8-9-14(17)3/h5-12,23H,4H2,1-3H3/b18-12+,21-20?. The molecule has 2 aromatic carbocycles. The third kappa shape index (κ3) is 3.77. The quantitative estimate of drug-likeness (QED) is 0.819. The molecule has 5 heteroatoms. The maximum absolute atomic E-state index is 12.7. The van der Waals surface area contributed by atoms with E-state index < -0.39 is 0 Å². The van der Waals surface area contributed by atoms with E-state index in [9.17, 15) is 9.90 Å². The minimum Gasteiger partial charge on any atom is -0.508 e. The predicted octanol–water partition coefficient (Wildman–Crippen LogP) is 4.63. The van der Waals surface area contributed by atoms with E-state index in [1.54, 1.807) is 29.2 Å². The molecule has 0 radical (unpaired) electrons. The fourth-order valence-corrected chi connectivity index (χ4v) is 3.63. The van der Waals surface area contributed by atoms with Gasteiger partial charge < -0.3 is 5.11 Å². The highest BCUT2D eigenvalue weighted by molar-refractivity contribution is 8.18. The zero-order chi connectivity index (χ0) is 18.0. The van der Waals surface area contributed by atoms with Gasteiger partial charge in [0.1, 0.15) is 5.75 Å². The lowest BCUT2D eigenvalue weighted by Crippen LogP contribution is -2.28. The van der Waals surface area contributed by atoms with E-state index in [1.807, 2.05) is 39.0 Å². The molecule has 1 amide bonds. The molecule has 0 bridgehead atoms. The van der Waals surface area contributed by atoms with Gasteiger partial charge in [-0.25, -0.2) is 4.99 Å². The van der Waals surface area contributed by atoms with Gasteiger partial charge in [-0.15, -0.1) is 0 Å². The van der Waals surface area contributed by atoms with Crippen LogP contribution in [-0.2, 0) is 4.79 Å². The molecule has 25 heavy (non-hydrogen) atoms. The van der Waals surface area contributed by atoms with Crippen molar-refractivity contribution in [3.8, 4) is 5.75 Å². The number of carbonyl (C=O) groups is 1. The normalized spacial score (nSPS) is 17.7. The molecular weight excluding hydrogens is 332 g/mol. The Morgan fingerprint density at radius 1 is 1.20 bits per heavy atom. The first-order valence-corrected chi connectivity index (χ1v) is 8.96.